The van der Waals surface area contributed by atoms with Crippen molar-refractivity contribution in [2.75, 3.05) is 6.61 Å². The van der Waals surface area contributed by atoms with Crippen molar-refractivity contribution in [1.82, 2.24) is 0 Å². The SMILES string of the molecule is N#CCCCCOc1ccc(S(=O)(=O)Cl)c(Cl)c1Cl. The third-order valence-electron chi connectivity index (χ3n) is 2.21. The van der Waals surface area contributed by atoms with Gasteiger partial charge in [0.05, 0.1) is 17.7 Å². The van der Waals surface area contributed by atoms with Crippen molar-refractivity contribution in [2.45, 2.75) is 24.2 Å². The maximum atomic E-state index is 11.2. The first-order valence-electron chi connectivity index (χ1n) is 5.30. The number of hydrogen-bond acceptors (Lipinski definition) is 4. The number of hydrogen-bond donors (Lipinski definition) is 0. The molecule has 0 aromatic heterocycles. The third-order valence-corrected chi connectivity index (χ3v) is 4.56. The number of ether oxygens (including phenoxy) is 1. The fourth-order valence-corrected chi connectivity index (χ4v) is 3.09. The van der Waals surface area contributed by atoms with Crippen LogP contribution in [0.1, 0.15) is 19.3 Å². The summed E-state index contributed by atoms with van der Waals surface area (Å²) < 4.78 is 27.8. The van der Waals surface area contributed by atoms with Crippen LogP contribution in [-0.4, -0.2) is 15.0 Å². The molecule has 0 heterocycles. The molecule has 4 nitrogen and oxygen atoms in total. The molecule has 0 amide bonds. The Kier molecular flexibility index (Phi) is 6.21. The van der Waals surface area contributed by atoms with Gasteiger partial charge < -0.3 is 4.74 Å². The van der Waals surface area contributed by atoms with Gasteiger partial charge in [-0.05, 0) is 25.0 Å². The normalized spacial score (nSPS) is 11.1. The van der Waals surface area contributed by atoms with E-state index in [2.05, 4.69) is 0 Å². The largest absolute Gasteiger partial charge is 0.492 e. The Morgan fingerprint density at radius 2 is 1.89 bits per heavy atom. The van der Waals surface area contributed by atoms with E-state index in [9.17, 15) is 8.42 Å². The van der Waals surface area contributed by atoms with Gasteiger partial charge in [-0.15, -0.1) is 0 Å². The second-order valence-corrected chi connectivity index (χ2v) is 6.88. The van der Waals surface area contributed by atoms with E-state index in [1.54, 1.807) is 0 Å². The van der Waals surface area contributed by atoms with E-state index >= 15 is 0 Å². The zero-order valence-electron chi connectivity index (χ0n) is 9.70. The molecule has 0 saturated carbocycles. The second-order valence-electron chi connectivity index (χ2n) is 3.59. The molecule has 8 heteroatoms. The Labute approximate surface area is 126 Å². The minimum absolute atomic E-state index is 0.00340. The lowest BCUT2D eigenvalue weighted by Crippen LogP contribution is -1.99. The van der Waals surface area contributed by atoms with Gasteiger partial charge in [-0.25, -0.2) is 8.42 Å². The summed E-state index contributed by atoms with van der Waals surface area (Å²) in [6.45, 7) is 0.366. The Balaban J connectivity index is 2.78. The molecule has 0 unspecified atom stereocenters. The summed E-state index contributed by atoms with van der Waals surface area (Å²) in [7, 11) is 1.27. The maximum Gasteiger partial charge on any atom is 0.262 e. The van der Waals surface area contributed by atoms with E-state index in [1.165, 1.54) is 12.1 Å². The molecular weight excluding hydrogens is 333 g/mol. The molecule has 0 fully saturated rings. The van der Waals surface area contributed by atoms with Gasteiger partial charge in [0.25, 0.3) is 9.05 Å². The number of rotatable bonds is 6. The summed E-state index contributed by atoms with van der Waals surface area (Å²) in [5.41, 5.74) is 0. The van der Waals surface area contributed by atoms with Gasteiger partial charge in [-0.2, -0.15) is 5.26 Å². The van der Waals surface area contributed by atoms with E-state index in [4.69, 9.17) is 43.9 Å². The highest BCUT2D eigenvalue weighted by atomic mass is 35.7. The number of benzene rings is 1. The molecule has 0 aliphatic rings. The number of nitriles is 1. The fourth-order valence-electron chi connectivity index (χ4n) is 1.30. The van der Waals surface area contributed by atoms with Crippen molar-refractivity contribution in [1.29, 1.82) is 5.26 Å². The van der Waals surface area contributed by atoms with Gasteiger partial charge in [0.2, 0.25) is 0 Å². The third kappa shape index (κ3) is 4.73. The molecule has 0 bridgehead atoms. The van der Waals surface area contributed by atoms with Crippen molar-refractivity contribution in [3.05, 3.63) is 22.2 Å². The molecule has 0 aliphatic carbocycles. The van der Waals surface area contributed by atoms with Crippen LogP contribution in [0.5, 0.6) is 5.75 Å². The molecule has 0 saturated heterocycles. The Morgan fingerprint density at radius 1 is 1.21 bits per heavy atom. The lowest BCUT2D eigenvalue weighted by atomic mass is 10.2. The van der Waals surface area contributed by atoms with Crippen molar-refractivity contribution < 1.29 is 13.2 Å². The van der Waals surface area contributed by atoms with Crippen molar-refractivity contribution >= 4 is 42.9 Å². The van der Waals surface area contributed by atoms with Crippen LogP contribution in [0.15, 0.2) is 17.0 Å². The molecule has 19 heavy (non-hydrogen) atoms. The van der Waals surface area contributed by atoms with E-state index < -0.39 is 9.05 Å². The van der Waals surface area contributed by atoms with E-state index in [0.29, 0.717) is 19.4 Å². The monoisotopic (exact) mass is 341 g/mol. The molecule has 0 N–H and O–H groups in total. The quantitative estimate of drug-likeness (QED) is 0.579. The minimum Gasteiger partial charge on any atom is -0.492 e. The average Bonchev–Trinajstić information content (AvgIpc) is 2.32. The number of nitrogens with zero attached hydrogens (tertiary/aromatic N) is 1. The summed E-state index contributed by atoms with van der Waals surface area (Å²) in [4.78, 5) is -0.252. The molecule has 0 radical (unpaired) electrons. The van der Waals surface area contributed by atoms with Crippen LogP contribution in [0.3, 0.4) is 0 Å². The summed E-state index contributed by atoms with van der Waals surface area (Å²) in [6, 6.07) is 4.66. The van der Waals surface area contributed by atoms with Gasteiger partial charge in [0.1, 0.15) is 15.7 Å². The summed E-state index contributed by atoms with van der Waals surface area (Å²) in [5.74, 6) is 0.285. The van der Waals surface area contributed by atoms with Crippen LogP contribution in [0, 0.1) is 11.3 Å². The van der Waals surface area contributed by atoms with Crippen LogP contribution >= 0.6 is 33.9 Å². The first kappa shape index (κ1) is 16.4. The van der Waals surface area contributed by atoms with Gasteiger partial charge in [0.15, 0.2) is 0 Å². The molecule has 0 aliphatic heterocycles. The molecule has 1 aromatic rings. The molecule has 0 spiro atoms. The van der Waals surface area contributed by atoms with E-state index in [-0.39, 0.29) is 20.7 Å². The highest BCUT2D eigenvalue weighted by molar-refractivity contribution is 8.13. The van der Waals surface area contributed by atoms with Crippen molar-refractivity contribution in [3.8, 4) is 11.8 Å². The Morgan fingerprint density at radius 3 is 2.47 bits per heavy atom. The maximum absolute atomic E-state index is 11.2. The highest BCUT2D eigenvalue weighted by Crippen LogP contribution is 2.37. The lowest BCUT2D eigenvalue weighted by molar-refractivity contribution is 0.307. The van der Waals surface area contributed by atoms with Gasteiger partial charge >= 0.3 is 0 Å². The zero-order chi connectivity index (χ0) is 14.5. The zero-order valence-corrected chi connectivity index (χ0v) is 12.8. The van der Waals surface area contributed by atoms with E-state index in [1.807, 2.05) is 6.07 Å². The van der Waals surface area contributed by atoms with Gasteiger partial charge in [0, 0.05) is 17.1 Å². The molecule has 1 aromatic carbocycles. The number of unbranched alkanes of at least 4 members (excludes halogenated alkanes) is 2. The van der Waals surface area contributed by atoms with Gasteiger partial charge in [-0.1, -0.05) is 23.2 Å². The smallest absolute Gasteiger partial charge is 0.262 e. The highest BCUT2D eigenvalue weighted by Gasteiger charge is 2.19. The molecule has 104 valence electrons. The molecule has 1 rings (SSSR count). The summed E-state index contributed by atoms with van der Waals surface area (Å²) in [6.07, 6.45) is 1.87. The first-order valence-corrected chi connectivity index (χ1v) is 8.37. The lowest BCUT2D eigenvalue weighted by Gasteiger charge is -2.10. The minimum atomic E-state index is -3.94. The Hall–Kier alpha value is -0.670. The summed E-state index contributed by atoms with van der Waals surface area (Å²) in [5, 5.41) is 8.21. The van der Waals surface area contributed by atoms with Crippen molar-refractivity contribution in [2.24, 2.45) is 0 Å². The van der Waals surface area contributed by atoms with Crippen molar-refractivity contribution in [3.63, 3.8) is 0 Å². The average molecular weight is 343 g/mol. The molecule has 0 atom stereocenters. The van der Waals surface area contributed by atoms with Crippen LogP contribution in [0.2, 0.25) is 10.0 Å². The fraction of sp³-hybridized carbons (Fsp3) is 0.364. The predicted octanol–water partition coefficient (Wildman–Crippen LogP) is 3.99. The molecular formula is C11H10Cl3NO3S. The van der Waals surface area contributed by atoms with E-state index in [0.717, 1.165) is 6.42 Å². The summed E-state index contributed by atoms with van der Waals surface area (Å²) >= 11 is 11.7. The van der Waals surface area contributed by atoms with Crippen LogP contribution in [0.25, 0.3) is 0 Å². The standard InChI is InChI=1S/C11H10Cl3NO3S/c12-10-8(18-7-3-1-2-6-15)4-5-9(11(10)13)19(14,16)17/h4-5H,1-3,7H2. The van der Waals surface area contributed by atoms with Crippen LogP contribution in [0.4, 0.5) is 0 Å². The van der Waals surface area contributed by atoms with Gasteiger partial charge in [-0.3, -0.25) is 0 Å². The van der Waals surface area contributed by atoms with Crippen LogP contribution < -0.4 is 4.74 Å². The predicted molar refractivity (Wildman–Crippen MR) is 74.5 cm³/mol. The van der Waals surface area contributed by atoms with Crippen LogP contribution in [-0.2, 0) is 9.05 Å². The topological polar surface area (TPSA) is 67.2 Å². The first-order chi connectivity index (χ1) is 8.88. The number of halogens is 3. The Bertz CT molecular complexity index is 596. The second kappa shape index (κ2) is 7.20.